The molecule has 1 saturated heterocycles. The summed E-state index contributed by atoms with van der Waals surface area (Å²) in [5.41, 5.74) is 0. The molecule has 1 fully saturated rings. The number of hydrogen-bond donors (Lipinski definition) is 1. The predicted molar refractivity (Wildman–Crippen MR) is 46.6 cm³/mol. The Morgan fingerprint density at radius 3 is 3.18 bits per heavy atom. The van der Waals surface area contributed by atoms with E-state index >= 15 is 0 Å². The Kier molecular flexibility index (Phi) is 3.60. The highest BCUT2D eigenvalue weighted by Crippen LogP contribution is 2.12. The van der Waals surface area contributed by atoms with Gasteiger partial charge in [-0.1, -0.05) is 6.08 Å². The minimum Gasteiger partial charge on any atom is -0.378 e. The van der Waals surface area contributed by atoms with Gasteiger partial charge in [-0.3, -0.25) is 0 Å². The number of rotatable bonds is 3. The molecule has 2 atom stereocenters. The SMILES string of the molecule is C=CCNC1CCOC(C)C1. The molecule has 1 aliphatic heterocycles. The van der Waals surface area contributed by atoms with Crippen LogP contribution in [-0.4, -0.2) is 25.3 Å². The van der Waals surface area contributed by atoms with E-state index < -0.39 is 0 Å². The molecule has 0 aromatic carbocycles. The van der Waals surface area contributed by atoms with Crippen LogP contribution in [0.4, 0.5) is 0 Å². The molecule has 1 aliphatic rings. The van der Waals surface area contributed by atoms with Crippen molar-refractivity contribution in [2.24, 2.45) is 0 Å². The van der Waals surface area contributed by atoms with Gasteiger partial charge in [0.2, 0.25) is 0 Å². The molecule has 1 N–H and O–H groups in total. The highest BCUT2D eigenvalue weighted by molar-refractivity contribution is 4.78. The van der Waals surface area contributed by atoms with Gasteiger partial charge in [-0.05, 0) is 19.8 Å². The van der Waals surface area contributed by atoms with Crippen molar-refractivity contribution in [2.75, 3.05) is 13.2 Å². The summed E-state index contributed by atoms with van der Waals surface area (Å²) in [5.74, 6) is 0. The summed E-state index contributed by atoms with van der Waals surface area (Å²) in [6, 6.07) is 0.636. The van der Waals surface area contributed by atoms with Crippen molar-refractivity contribution in [3.05, 3.63) is 12.7 Å². The number of nitrogens with one attached hydrogen (secondary N) is 1. The van der Waals surface area contributed by atoms with Crippen LogP contribution >= 0.6 is 0 Å². The summed E-state index contributed by atoms with van der Waals surface area (Å²) in [7, 11) is 0. The van der Waals surface area contributed by atoms with Crippen molar-refractivity contribution < 1.29 is 4.74 Å². The molecule has 0 amide bonds. The van der Waals surface area contributed by atoms with E-state index in [1.165, 1.54) is 0 Å². The van der Waals surface area contributed by atoms with Gasteiger partial charge in [0.15, 0.2) is 0 Å². The lowest BCUT2D eigenvalue weighted by molar-refractivity contribution is 0.0140. The highest BCUT2D eigenvalue weighted by Gasteiger charge is 2.17. The largest absolute Gasteiger partial charge is 0.378 e. The summed E-state index contributed by atoms with van der Waals surface area (Å²) in [4.78, 5) is 0. The van der Waals surface area contributed by atoms with Crippen LogP contribution in [-0.2, 0) is 4.74 Å². The maximum Gasteiger partial charge on any atom is 0.0561 e. The van der Waals surface area contributed by atoms with Gasteiger partial charge in [0.25, 0.3) is 0 Å². The van der Waals surface area contributed by atoms with Gasteiger partial charge in [0, 0.05) is 19.2 Å². The van der Waals surface area contributed by atoms with Crippen LogP contribution in [0.25, 0.3) is 0 Å². The minimum absolute atomic E-state index is 0.422. The standard InChI is InChI=1S/C9H17NO/c1-3-5-10-9-4-6-11-8(2)7-9/h3,8-10H,1,4-7H2,2H3. The van der Waals surface area contributed by atoms with E-state index in [-0.39, 0.29) is 0 Å². The lowest BCUT2D eigenvalue weighted by atomic mass is 10.0. The summed E-state index contributed by atoms with van der Waals surface area (Å²) in [6.07, 6.45) is 4.60. The van der Waals surface area contributed by atoms with Gasteiger partial charge in [0.05, 0.1) is 6.10 Å². The summed E-state index contributed by atoms with van der Waals surface area (Å²) in [5, 5.41) is 3.40. The Morgan fingerprint density at radius 1 is 1.73 bits per heavy atom. The summed E-state index contributed by atoms with van der Waals surface area (Å²) < 4.78 is 5.42. The molecule has 0 aliphatic carbocycles. The molecule has 0 aromatic rings. The van der Waals surface area contributed by atoms with E-state index in [1.807, 2.05) is 6.08 Å². The first-order chi connectivity index (χ1) is 5.33. The summed E-state index contributed by atoms with van der Waals surface area (Å²) >= 11 is 0. The van der Waals surface area contributed by atoms with Crippen molar-refractivity contribution in [2.45, 2.75) is 31.9 Å². The zero-order valence-corrected chi connectivity index (χ0v) is 7.18. The zero-order valence-electron chi connectivity index (χ0n) is 7.18. The minimum atomic E-state index is 0.422. The van der Waals surface area contributed by atoms with Crippen molar-refractivity contribution in [1.29, 1.82) is 0 Å². The second-order valence-corrected chi connectivity index (χ2v) is 3.10. The van der Waals surface area contributed by atoms with E-state index in [0.717, 1.165) is 26.0 Å². The van der Waals surface area contributed by atoms with Gasteiger partial charge in [-0.15, -0.1) is 6.58 Å². The molecule has 11 heavy (non-hydrogen) atoms. The first-order valence-corrected chi connectivity index (χ1v) is 4.29. The number of hydrogen-bond acceptors (Lipinski definition) is 2. The third-order valence-electron chi connectivity index (χ3n) is 2.04. The monoisotopic (exact) mass is 155 g/mol. The fourth-order valence-electron chi connectivity index (χ4n) is 1.43. The Bertz CT molecular complexity index is 125. The molecule has 1 rings (SSSR count). The van der Waals surface area contributed by atoms with Crippen LogP contribution in [0.3, 0.4) is 0 Å². The van der Waals surface area contributed by atoms with Crippen molar-refractivity contribution in [3.8, 4) is 0 Å². The fourth-order valence-corrected chi connectivity index (χ4v) is 1.43. The van der Waals surface area contributed by atoms with E-state index in [0.29, 0.717) is 12.1 Å². The van der Waals surface area contributed by atoms with Gasteiger partial charge >= 0.3 is 0 Å². The van der Waals surface area contributed by atoms with E-state index in [2.05, 4.69) is 18.8 Å². The Morgan fingerprint density at radius 2 is 2.55 bits per heavy atom. The van der Waals surface area contributed by atoms with E-state index in [9.17, 15) is 0 Å². The zero-order chi connectivity index (χ0) is 8.10. The fraction of sp³-hybridized carbons (Fsp3) is 0.778. The lowest BCUT2D eigenvalue weighted by Gasteiger charge is -2.27. The molecule has 2 nitrogen and oxygen atoms in total. The Labute approximate surface area is 68.6 Å². The maximum atomic E-state index is 5.42. The molecule has 0 aromatic heterocycles. The van der Waals surface area contributed by atoms with Crippen molar-refractivity contribution in [3.63, 3.8) is 0 Å². The average molecular weight is 155 g/mol. The second-order valence-electron chi connectivity index (χ2n) is 3.10. The van der Waals surface area contributed by atoms with Gasteiger partial charge in [-0.25, -0.2) is 0 Å². The normalized spacial score (nSPS) is 31.7. The molecule has 0 bridgehead atoms. The maximum absolute atomic E-state index is 5.42. The smallest absolute Gasteiger partial charge is 0.0561 e. The van der Waals surface area contributed by atoms with Crippen LogP contribution < -0.4 is 5.32 Å². The third kappa shape index (κ3) is 3.04. The Hall–Kier alpha value is -0.340. The van der Waals surface area contributed by atoms with E-state index in [1.54, 1.807) is 0 Å². The second kappa shape index (κ2) is 4.52. The van der Waals surface area contributed by atoms with Gasteiger partial charge in [-0.2, -0.15) is 0 Å². The molecular weight excluding hydrogens is 138 g/mol. The quantitative estimate of drug-likeness (QED) is 0.621. The molecule has 0 radical (unpaired) electrons. The first kappa shape index (κ1) is 8.75. The molecule has 2 heteroatoms. The highest BCUT2D eigenvalue weighted by atomic mass is 16.5. The van der Waals surface area contributed by atoms with Crippen LogP contribution in [0.1, 0.15) is 19.8 Å². The lowest BCUT2D eigenvalue weighted by Crippen LogP contribution is -2.37. The molecule has 0 saturated carbocycles. The molecule has 2 unspecified atom stereocenters. The number of ether oxygens (including phenoxy) is 1. The van der Waals surface area contributed by atoms with Gasteiger partial charge < -0.3 is 10.1 Å². The third-order valence-corrected chi connectivity index (χ3v) is 2.04. The summed E-state index contributed by atoms with van der Waals surface area (Å²) in [6.45, 7) is 7.61. The van der Waals surface area contributed by atoms with Crippen LogP contribution in [0.15, 0.2) is 12.7 Å². The van der Waals surface area contributed by atoms with Crippen molar-refractivity contribution in [1.82, 2.24) is 5.32 Å². The van der Waals surface area contributed by atoms with Crippen molar-refractivity contribution >= 4 is 0 Å². The molecule has 0 spiro atoms. The van der Waals surface area contributed by atoms with Crippen LogP contribution in [0.2, 0.25) is 0 Å². The van der Waals surface area contributed by atoms with Crippen LogP contribution in [0.5, 0.6) is 0 Å². The first-order valence-electron chi connectivity index (χ1n) is 4.29. The molecule has 64 valence electrons. The Balaban J connectivity index is 2.17. The van der Waals surface area contributed by atoms with Crippen LogP contribution in [0, 0.1) is 0 Å². The average Bonchev–Trinajstić information content (AvgIpc) is 2.01. The molecule has 1 heterocycles. The molecular formula is C9H17NO. The van der Waals surface area contributed by atoms with Gasteiger partial charge in [0.1, 0.15) is 0 Å². The van der Waals surface area contributed by atoms with E-state index in [4.69, 9.17) is 4.74 Å². The predicted octanol–water partition coefficient (Wildman–Crippen LogP) is 1.33. The topological polar surface area (TPSA) is 21.3 Å².